The van der Waals surface area contributed by atoms with Crippen LogP contribution in [-0.4, -0.2) is 16.8 Å². The van der Waals surface area contributed by atoms with Gasteiger partial charge in [-0.15, -0.1) is 0 Å². The van der Waals surface area contributed by atoms with E-state index in [0.717, 1.165) is 18.0 Å². The van der Waals surface area contributed by atoms with Gasteiger partial charge < -0.3 is 15.5 Å². The summed E-state index contributed by atoms with van der Waals surface area (Å²) in [7, 11) is 0. The highest BCUT2D eigenvalue weighted by Crippen LogP contribution is 2.26. The fourth-order valence-electron chi connectivity index (χ4n) is 2.72. The number of rotatable bonds is 4. The summed E-state index contributed by atoms with van der Waals surface area (Å²) in [5, 5.41) is 22.4. The monoisotopic (exact) mass is 249 g/mol. The van der Waals surface area contributed by atoms with Gasteiger partial charge in [-0.05, 0) is 49.9 Å². The van der Waals surface area contributed by atoms with E-state index in [0.29, 0.717) is 0 Å². The number of aromatic hydroxyl groups is 2. The smallest absolute Gasteiger partial charge is 0.119 e. The van der Waals surface area contributed by atoms with E-state index < -0.39 is 0 Å². The molecule has 0 radical (unpaired) electrons. The van der Waals surface area contributed by atoms with Crippen LogP contribution in [0.4, 0.5) is 0 Å². The van der Waals surface area contributed by atoms with E-state index >= 15 is 0 Å². The van der Waals surface area contributed by atoms with Crippen LogP contribution in [0.2, 0.25) is 0 Å². The molecule has 1 aromatic rings. The van der Waals surface area contributed by atoms with Gasteiger partial charge in [0.1, 0.15) is 11.5 Å². The van der Waals surface area contributed by atoms with Gasteiger partial charge in [0.15, 0.2) is 0 Å². The van der Waals surface area contributed by atoms with Gasteiger partial charge in [-0.25, -0.2) is 0 Å². The number of phenols is 2. The van der Waals surface area contributed by atoms with Crippen LogP contribution in [-0.2, 0) is 0 Å². The first-order chi connectivity index (χ1) is 8.65. The van der Waals surface area contributed by atoms with Crippen molar-refractivity contribution in [3.8, 4) is 11.5 Å². The summed E-state index contributed by atoms with van der Waals surface area (Å²) < 4.78 is 0. The van der Waals surface area contributed by atoms with Crippen molar-refractivity contribution in [1.29, 1.82) is 0 Å². The second kappa shape index (κ2) is 6.10. The van der Waals surface area contributed by atoms with Crippen LogP contribution in [0, 0.1) is 5.92 Å². The van der Waals surface area contributed by atoms with Crippen LogP contribution in [0.25, 0.3) is 0 Å². The quantitative estimate of drug-likeness (QED) is 0.767. The molecule has 1 atom stereocenters. The third-order valence-electron chi connectivity index (χ3n) is 3.86. The maximum atomic E-state index is 9.47. The maximum Gasteiger partial charge on any atom is 0.119 e. The molecule has 0 heterocycles. The second-order valence-corrected chi connectivity index (χ2v) is 5.42. The van der Waals surface area contributed by atoms with E-state index in [-0.39, 0.29) is 17.5 Å². The molecule has 100 valence electrons. The van der Waals surface area contributed by atoms with Crippen molar-refractivity contribution in [2.24, 2.45) is 5.92 Å². The Morgan fingerprint density at radius 2 is 1.72 bits per heavy atom. The molecule has 1 saturated carbocycles. The van der Waals surface area contributed by atoms with Gasteiger partial charge in [0.25, 0.3) is 0 Å². The maximum absolute atomic E-state index is 9.47. The lowest BCUT2D eigenvalue weighted by Crippen LogP contribution is -2.27. The molecule has 3 heteroatoms. The largest absolute Gasteiger partial charge is 0.508 e. The van der Waals surface area contributed by atoms with Gasteiger partial charge in [-0.2, -0.15) is 0 Å². The lowest BCUT2D eigenvalue weighted by Gasteiger charge is -2.24. The van der Waals surface area contributed by atoms with Crippen molar-refractivity contribution >= 4 is 0 Å². The van der Waals surface area contributed by atoms with Crippen molar-refractivity contribution in [2.75, 3.05) is 6.54 Å². The minimum absolute atomic E-state index is 0.122. The molecular weight excluding hydrogens is 226 g/mol. The first kappa shape index (κ1) is 13.2. The van der Waals surface area contributed by atoms with Crippen molar-refractivity contribution < 1.29 is 10.2 Å². The van der Waals surface area contributed by atoms with E-state index in [2.05, 4.69) is 12.2 Å². The zero-order valence-electron chi connectivity index (χ0n) is 11.0. The third-order valence-corrected chi connectivity index (χ3v) is 3.86. The first-order valence-electron chi connectivity index (χ1n) is 6.91. The highest BCUT2D eigenvalue weighted by Gasteiger charge is 2.15. The average molecular weight is 249 g/mol. The molecule has 3 nitrogen and oxygen atoms in total. The summed E-state index contributed by atoms with van der Waals surface area (Å²) in [6.07, 6.45) is 6.74. The average Bonchev–Trinajstić information content (AvgIpc) is 2.36. The molecule has 3 N–H and O–H groups in total. The van der Waals surface area contributed by atoms with Gasteiger partial charge >= 0.3 is 0 Å². The molecule has 1 fully saturated rings. The summed E-state index contributed by atoms with van der Waals surface area (Å²) in [6.45, 7) is 3.09. The molecule has 0 aromatic heterocycles. The van der Waals surface area contributed by atoms with E-state index in [4.69, 9.17) is 0 Å². The summed E-state index contributed by atoms with van der Waals surface area (Å²) in [6, 6.07) is 4.93. The highest BCUT2D eigenvalue weighted by molar-refractivity contribution is 5.37. The molecule has 1 aromatic carbocycles. The van der Waals surface area contributed by atoms with Gasteiger partial charge in [0.2, 0.25) is 0 Å². The van der Waals surface area contributed by atoms with Gasteiger partial charge in [0, 0.05) is 12.1 Å². The van der Waals surface area contributed by atoms with Gasteiger partial charge in [-0.1, -0.05) is 19.3 Å². The predicted octanol–water partition coefficient (Wildman–Crippen LogP) is 3.33. The molecule has 1 unspecified atom stereocenters. The fourth-order valence-corrected chi connectivity index (χ4v) is 2.72. The lowest BCUT2D eigenvalue weighted by molar-refractivity contribution is 0.331. The molecule has 0 amide bonds. The van der Waals surface area contributed by atoms with Crippen molar-refractivity contribution in [3.63, 3.8) is 0 Å². The van der Waals surface area contributed by atoms with Crippen LogP contribution in [0.15, 0.2) is 18.2 Å². The molecule has 0 aliphatic heterocycles. The predicted molar refractivity (Wildman–Crippen MR) is 72.8 cm³/mol. The van der Waals surface area contributed by atoms with Crippen LogP contribution in [0.1, 0.15) is 50.6 Å². The Morgan fingerprint density at radius 3 is 2.33 bits per heavy atom. The highest BCUT2D eigenvalue weighted by atomic mass is 16.3. The summed E-state index contributed by atoms with van der Waals surface area (Å²) >= 11 is 0. The Bertz CT molecular complexity index is 366. The number of hydrogen-bond acceptors (Lipinski definition) is 3. The standard InChI is InChI=1S/C15H23NO2/c1-11(13-7-14(17)9-15(18)8-13)16-10-12-5-3-2-4-6-12/h7-9,11-12,16-18H,2-6,10H2,1H3. The summed E-state index contributed by atoms with van der Waals surface area (Å²) in [5.41, 5.74) is 0.934. The van der Waals surface area contributed by atoms with E-state index in [9.17, 15) is 10.2 Å². The Balaban J connectivity index is 1.88. The third kappa shape index (κ3) is 3.64. The Morgan fingerprint density at radius 1 is 1.11 bits per heavy atom. The Labute approximate surface area is 109 Å². The fraction of sp³-hybridized carbons (Fsp3) is 0.600. The number of nitrogens with one attached hydrogen (secondary N) is 1. The van der Waals surface area contributed by atoms with Crippen LogP contribution in [0.3, 0.4) is 0 Å². The SMILES string of the molecule is CC(NCC1CCCCC1)c1cc(O)cc(O)c1. The number of phenolic OH excluding ortho intramolecular Hbond substituents is 2. The Hall–Kier alpha value is -1.22. The number of hydrogen-bond donors (Lipinski definition) is 3. The zero-order chi connectivity index (χ0) is 13.0. The first-order valence-corrected chi connectivity index (χ1v) is 6.91. The summed E-state index contributed by atoms with van der Waals surface area (Å²) in [4.78, 5) is 0. The van der Waals surface area contributed by atoms with E-state index in [1.54, 1.807) is 12.1 Å². The number of benzene rings is 1. The molecule has 0 bridgehead atoms. The molecule has 1 aliphatic rings. The molecular formula is C15H23NO2. The molecule has 18 heavy (non-hydrogen) atoms. The lowest BCUT2D eigenvalue weighted by atomic mass is 9.89. The van der Waals surface area contributed by atoms with Crippen molar-refractivity contribution in [1.82, 2.24) is 5.32 Å². The minimum atomic E-state index is 0.122. The minimum Gasteiger partial charge on any atom is -0.508 e. The summed E-state index contributed by atoms with van der Waals surface area (Å²) in [5.74, 6) is 1.03. The van der Waals surface area contributed by atoms with Crippen molar-refractivity contribution in [3.05, 3.63) is 23.8 Å². The van der Waals surface area contributed by atoms with Crippen molar-refractivity contribution in [2.45, 2.75) is 45.1 Å². The van der Waals surface area contributed by atoms with Crippen LogP contribution >= 0.6 is 0 Å². The van der Waals surface area contributed by atoms with Gasteiger partial charge in [-0.3, -0.25) is 0 Å². The normalized spacial score (nSPS) is 18.7. The second-order valence-electron chi connectivity index (χ2n) is 5.42. The molecule has 2 rings (SSSR count). The van der Waals surface area contributed by atoms with Crippen LogP contribution < -0.4 is 5.32 Å². The van der Waals surface area contributed by atoms with Gasteiger partial charge in [0.05, 0.1) is 0 Å². The topological polar surface area (TPSA) is 52.5 Å². The van der Waals surface area contributed by atoms with E-state index in [1.807, 2.05) is 0 Å². The van der Waals surface area contributed by atoms with Crippen LogP contribution in [0.5, 0.6) is 11.5 Å². The zero-order valence-corrected chi connectivity index (χ0v) is 11.0. The molecule has 1 aliphatic carbocycles. The molecule has 0 spiro atoms. The molecule has 0 saturated heterocycles. The van der Waals surface area contributed by atoms with E-state index in [1.165, 1.54) is 38.2 Å². The Kier molecular flexibility index (Phi) is 4.48.